The van der Waals surface area contributed by atoms with Crippen molar-refractivity contribution >= 4 is 27.1 Å². The topological polar surface area (TPSA) is 102 Å². The highest BCUT2D eigenvalue weighted by Crippen LogP contribution is 2.41. The maximum absolute atomic E-state index is 14.0. The van der Waals surface area contributed by atoms with Crippen molar-refractivity contribution in [1.29, 1.82) is 0 Å². The van der Waals surface area contributed by atoms with Crippen LogP contribution in [-0.4, -0.2) is 50.6 Å². The third-order valence-corrected chi connectivity index (χ3v) is 6.04. The van der Waals surface area contributed by atoms with Crippen molar-refractivity contribution in [1.82, 2.24) is 14.7 Å². The first-order valence-corrected chi connectivity index (χ1v) is 12.7. The standard InChI is InChI=1S/C22H25F3N4O4S/c1-34(30,31)27-12-18-22(26-11-17(28-18)14-5-6-14)29-16-4-2-3-15(13-7-9-32-10-8-13)19(16)33-21(25)20(23)24/h2-4,7,11,14,20-21,27H,5-6,8-10,12H2,1H3,(H,26,29). The largest absolute Gasteiger partial charge is 0.452 e. The van der Waals surface area contributed by atoms with E-state index in [0.29, 0.717) is 30.9 Å². The molecule has 0 saturated heterocycles. The molecule has 2 N–H and O–H groups in total. The van der Waals surface area contributed by atoms with Crippen molar-refractivity contribution in [2.24, 2.45) is 0 Å². The Hall–Kier alpha value is -2.70. The number of hydrogen-bond donors (Lipinski definition) is 2. The van der Waals surface area contributed by atoms with Gasteiger partial charge in [0, 0.05) is 11.5 Å². The molecule has 1 saturated carbocycles. The Balaban J connectivity index is 1.71. The van der Waals surface area contributed by atoms with E-state index in [4.69, 9.17) is 9.47 Å². The summed E-state index contributed by atoms with van der Waals surface area (Å²) in [5.41, 5.74) is 2.50. The fraction of sp³-hybridized carbons (Fsp3) is 0.455. The molecule has 2 heterocycles. The van der Waals surface area contributed by atoms with Gasteiger partial charge in [-0.1, -0.05) is 18.2 Å². The number of aromatic nitrogens is 2. The number of sulfonamides is 1. The zero-order chi connectivity index (χ0) is 24.3. The molecule has 34 heavy (non-hydrogen) atoms. The van der Waals surface area contributed by atoms with Crippen LogP contribution in [0.2, 0.25) is 0 Å². The Bertz CT molecular complexity index is 1170. The molecule has 1 aliphatic carbocycles. The fourth-order valence-corrected chi connectivity index (χ4v) is 3.92. The van der Waals surface area contributed by atoms with Gasteiger partial charge in [-0.05, 0) is 30.9 Å². The Morgan fingerprint density at radius 1 is 1.26 bits per heavy atom. The van der Waals surface area contributed by atoms with Crippen LogP contribution in [0.25, 0.3) is 5.57 Å². The van der Waals surface area contributed by atoms with Crippen LogP contribution in [0, 0.1) is 0 Å². The zero-order valence-electron chi connectivity index (χ0n) is 18.4. The summed E-state index contributed by atoms with van der Waals surface area (Å²) >= 11 is 0. The van der Waals surface area contributed by atoms with Gasteiger partial charge in [0.25, 0.3) is 6.36 Å². The summed E-state index contributed by atoms with van der Waals surface area (Å²) in [6.45, 7) is 0.651. The van der Waals surface area contributed by atoms with Gasteiger partial charge in [0.1, 0.15) is 0 Å². The SMILES string of the molecule is CS(=O)(=O)NCc1nc(C2CC2)cnc1Nc1cccc(C2=CCOCC2)c1OC(F)C(F)F. The van der Waals surface area contributed by atoms with Crippen LogP contribution in [0.3, 0.4) is 0 Å². The number of hydrogen-bond acceptors (Lipinski definition) is 7. The number of benzene rings is 1. The summed E-state index contributed by atoms with van der Waals surface area (Å²) in [6.07, 6.45) is 0.693. The lowest BCUT2D eigenvalue weighted by molar-refractivity contribution is -0.0666. The van der Waals surface area contributed by atoms with E-state index in [1.54, 1.807) is 30.5 Å². The molecule has 4 rings (SSSR count). The average molecular weight is 499 g/mol. The van der Waals surface area contributed by atoms with Gasteiger partial charge in [-0.2, -0.15) is 4.39 Å². The van der Waals surface area contributed by atoms with E-state index < -0.39 is 22.8 Å². The highest BCUT2D eigenvalue weighted by atomic mass is 32.2. The lowest BCUT2D eigenvalue weighted by atomic mass is 9.99. The lowest BCUT2D eigenvalue weighted by Gasteiger charge is -2.22. The van der Waals surface area contributed by atoms with Gasteiger partial charge in [-0.15, -0.1) is 0 Å². The maximum atomic E-state index is 14.0. The van der Waals surface area contributed by atoms with Crippen LogP contribution >= 0.6 is 0 Å². The molecular weight excluding hydrogens is 473 g/mol. The fourth-order valence-electron chi connectivity index (χ4n) is 3.52. The Morgan fingerprint density at radius 3 is 2.71 bits per heavy atom. The van der Waals surface area contributed by atoms with Crippen LogP contribution < -0.4 is 14.8 Å². The van der Waals surface area contributed by atoms with Crippen molar-refractivity contribution in [2.75, 3.05) is 24.8 Å². The number of nitrogens with one attached hydrogen (secondary N) is 2. The van der Waals surface area contributed by atoms with E-state index in [9.17, 15) is 21.6 Å². The summed E-state index contributed by atoms with van der Waals surface area (Å²) < 4.78 is 76.1. The molecule has 1 unspecified atom stereocenters. The predicted molar refractivity (Wildman–Crippen MR) is 120 cm³/mol. The minimum absolute atomic E-state index is 0.0986. The monoisotopic (exact) mass is 498 g/mol. The van der Waals surface area contributed by atoms with E-state index in [1.165, 1.54) is 0 Å². The lowest BCUT2D eigenvalue weighted by Crippen LogP contribution is -2.23. The third-order valence-electron chi connectivity index (χ3n) is 5.37. The third kappa shape index (κ3) is 6.24. The van der Waals surface area contributed by atoms with Gasteiger partial charge in [0.05, 0.1) is 49.3 Å². The van der Waals surface area contributed by atoms with E-state index in [1.807, 2.05) is 0 Å². The smallest absolute Gasteiger partial charge is 0.304 e. The quantitative estimate of drug-likeness (QED) is 0.512. The Morgan fingerprint density at radius 2 is 2.06 bits per heavy atom. The summed E-state index contributed by atoms with van der Waals surface area (Å²) in [7, 11) is -3.51. The van der Waals surface area contributed by atoms with Crippen molar-refractivity contribution in [3.05, 3.63) is 47.4 Å². The second-order valence-electron chi connectivity index (χ2n) is 8.12. The summed E-state index contributed by atoms with van der Waals surface area (Å²) in [4.78, 5) is 8.94. The van der Waals surface area contributed by atoms with Gasteiger partial charge >= 0.3 is 6.43 Å². The molecule has 1 fully saturated rings. The van der Waals surface area contributed by atoms with Crippen LogP contribution in [0.5, 0.6) is 5.75 Å². The molecule has 1 aromatic carbocycles. The normalized spacial score (nSPS) is 17.4. The van der Waals surface area contributed by atoms with Gasteiger partial charge < -0.3 is 14.8 Å². The number of ether oxygens (including phenoxy) is 2. The minimum atomic E-state index is -3.51. The number of alkyl halides is 3. The molecule has 0 spiro atoms. The number of anilines is 2. The molecule has 1 aromatic heterocycles. The van der Waals surface area contributed by atoms with Gasteiger partial charge in [0.2, 0.25) is 10.0 Å². The van der Waals surface area contributed by atoms with Gasteiger partial charge in [0.15, 0.2) is 11.6 Å². The second kappa shape index (κ2) is 10.3. The average Bonchev–Trinajstić information content (AvgIpc) is 3.65. The minimum Gasteiger partial charge on any atom is -0.452 e. The molecule has 2 aromatic rings. The molecule has 12 heteroatoms. The van der Waals surface area contributed by atoms with Crippen LogP contribution in [0.1, 0.15) is 42.1 Å². The summed E-state index contributed by atoms with van der Waals surface area (Å²) in [5, 5.41) is 2.98. The van der Waals surface area contributed by atoms with Crippen molar-refractivity contribution in [3.63, 3.8) is 0 Å². The predicted octanol–water partition coefficient (Wildman–Crippen LogP) is 3.89. The van der Waals surface area contributed by atoms with Crippen molar-refractivity contribution < 1.29 is 31.1 Å². The maximum Gasteiger partial charge on any atom is 0.304 e. The molecule has 184 valence electrons. The van der Waals surface area contributed by atoms with Crippen molar-refractivity contribution in [3.8, 4) is 5.75 Å². The second-order valence-corrected chi connectivity index (χ2v) is 9.96. The van der Waals surface area contributed by atoms with Crippen LogP contribution in [0.15, 0.2) is 30.5 Å². The summed E-state index contributed by atoms with van der Waals surface area (Å²) in [6, 6.07) is 4.88. The molecule has 2 aliphatic rings. The number of nitrogens with zero attached hydrogens (tertiary/aromatic N) is 2. The molecule has 0 radical (unpaired) electrons. The van der Waals surface area contributed by atoms with Gasteiger partial charge in [-0.3, -0.25) is 4.98 Å². The molecule has 0 bridgehead atoms. The molecule has 8 nitrogen and oxygen atoms in total. The Kier molecular flexibility index (Phi) is 7.39. The van der Waals surface area contributed by atoms with Crippen LogP contribution in [-0.2, 0) is 21.3 Å². The molecule has 0 amide bonds. The molecule has 1 aliphatic heterocycles. The first-order valence-electron chi connectivity index (χ1n) is 10.8. The van der Waals surface area contributed by atoms with E-state index in [-0.39, 0.29) is 29.7 Å². The zero-order valence-corrected chi connectivity index (χ0v) is 19.2. The molecular formula is C22H25F3N4O4S. The number of rotatable bonds is 10. The first-order chi connectivity index (χ1) is 16.2. The van der Waals surface area contributed by atoms with Crippen LogP contribution in [0.4, 0.5) is 24.7 Å². The summed E-state index contributed by atoms with van der Waals surface area (Å²) in [5.74, 6) is 0.383. The van der Waals surface area contributed by atoms with Crippen molar-refractivity contribution in [2.45, 2.75) is 44.5 Å². The van der Waals surface area contributed by atoms with E-state index in [2.05, 4.69) is 20.0 Å². The highest BCUT2D eigenvalue weighted by Gasteiger charge is 2.28. The van der Waals surface area contributed by atoms with E-state index in [0.717, 1.165) is 30.4 Å². The van der Waals surface area contributed by atoms with Gasteiger partial charge in [-0.25, -0.2) is 26.9 Å². The first kappa shape index (κ1) is 24.4. The Labute approximate surface area is 195 Å². The number of halogens is 3. The molecule has 1 atom stereocenters. The highest BCUT2D eigenvalue weighted by molar-refractivity contribution is 7.88. The van der Waals surface area contributed by atoms with E-state index >= 15 is 0 Å². The number of para-hydroxylation sites is 1.